The second-order valence-electron chi connectivity index (χ2n) is 4.42. The highest BCUT2D eigenvalue weighted by Crippen LogP contribution is 2.32. The molecule has 0 aliphatic rings. The molecule has 2 aromatic carbocycles. The molecule has 0 aromatic heterocycles. The molecule has 0 nitrogen and oxygen atoms in total. The van der Waals surface area contributed by atoms with Crippen molar-refractivity contribution in [1.29, 1.82) is 0 Å². The van der Waals surface area contributed by atoms with Gasteiger partial charge >= 0.3 is 6.18 Å². The summed E-state index contributed by atoms with van der Waals surface area (Å²) >= 11 is 9.31. The van der Waals surface area contributed by atoms with E-state index < -0.39 is 11.7 Å². The van der Waals surface area contributed by atoms with Gasteiger partial charge in [0.25, 0.3) is 0 Å². The standard InChI is InChI=1S/C15H11BrClF3/c16-14(9-10-1-7-13(17)8-2-10)11-3-5-12(6-4-11)15(18,19)20/h1-8,14H,9H2. The third kappa shape index (κ3) is 4.00. The van der Waals surface area contributed by atoms with Gasteiger partial charge < -0.3 is 0 Å². The van der Waals surface area contributed by atoms with Gasteiger partial charge in [0.2, 0.25) is 0 Å². The van der Waals surface area contributed by atoms with E-state index >= 15 is 0 Å². The number of hydrogen-bond donors (Lipinski definition) is 0. The van der Waals surface area contributed by atoms with Gasteiger partial charge in [-0.15, -0.1) is 0 Å². The van der Waals surface area contributed by atoms with Gasteiger partial charge in [0.15, 0.2) is 0 Å². The lowest BCUT2D eigenvalue weighted by Crippen LogP contribution is -2.05. The van der Waals surface area contributed by atoms with Crippen LogP contribution in [-0.4, -0.2) is 0 Å². The largest absolute Gasteiger partial charge is 0.416 e. The molecule has 0 aliphatic carbocycles. The zero-order chi connectivity index (χ0) is 14.8. The smallest absolute Gasteiger partial charge is 0.166 e. The van der Waals surface area contributed by atoms with Crippen molar-refractivity contribution in [2.75, 3.05) is 0 Å². The third-order valence-electron chi connectivity index (χ3n) is 2.93. The molecule has 20 heavy (non-hydrogen) atoms. The highest BCUT2D eigenvalue weighted by Gasteiger charge is 2.30. The number of benzene rings is 2. The number of alkyl halides is 4. The maximum Gasteiger partial charge on any atom is 0.416 e. The van der Waals surface area contributed by atoms with Crippen LogP contribution in [0.3, 0.4) is 0 Å². The van der Waals surface area contributed by atoms with Crippen molar-refractivity contribution in [2.24, 2.45) is 0 Å². The summed E-state index contributed by atoms with van der Waals surface area (Å²) in [4.78, 5) is -0.0361. The molecule has 2 rings (SSSR count). The number of halogens is 5. The summed E-state index contributed by atoms with van der Waals surface area (Å²) in [6, 6.07) is 12.6. The minimum atomic E-state index is -4.30. The van der Waals surface area contributed by atoms with Gasteiger partial charge in [0, 0.05) is 9.85 Å². The Labute approximate surface area is 128 Å². The zero-order valence-electron chi connectivity index (χ0n) is 10.3. The molecule has 0 N–H and O–H groups in total. The van der Waals surface area contributed by atoms with Crippen molar-refractivity contribution in [3.63, 3.8) is 0 Å². The maximum absolute atomic E-state index is 12.5. The Morgan fingerprint density at radius 3 is 2.00 bits per heavy atom. The molecule has 2 aromatic rings. The Kier molecular flexibility index (Phi) is 4.76. The summed E-state index contributed by atoms with van der Waals surface area (Å²) < 4.78 is 37.4. The summed E-state index contributed by atoms with van der Waals surface area (Å²) in [6.07, 6.45) is -3.61. The van der Waals surface area contributed by atoms with E-state index in [1.165, 1.54) is 12.1 Å². The van der Waals surface area contributed by atoms with Crippen LogP contribution in [0.5, 0.6) is 0 Å². The molecule has 1 unspecified atom stereocenters. The second kappa shape index (κ2) is 6.19. The van der Waals surface area contributed by atoms with Crippen LogP contribution in [0.15, 0.2) is 48.5 Å². The Bertz CT molecular complexity index is 561. The first-order valence-electron chi connectivity index (χ1n) is 5.92. The minimum absolute atomic E-state index is 0.0361. The van der Waals surface area contributed by atoms with Crippen LogP contribution >= 0.6 is 27.5 Å². The molecule has 0 saturated carbocycles. The van der Waals surface area contributed by atoms with E-state index in [1.807, 2.05) is 12.1 Å². The first kappa shape index (κ1) is 15.4. The lowest BCUT2D eigenvalue weighted by atomic mass is 10.0. The van der Waals surface area contributed by atoms with Gasteiger partial charge in [0.1, 0.15) is 0 Å². The second-order valence-corrected chi connectivity index (χ2v) is 5.96. The fourth-order valence-corrected chi connectivity index (χ4v) is 2.63. The quantitative estimate of drug-likeness (QED) is 0.583. The minimum Gasteiger partial charge on any atom is -0.166 e. The van der Waals surface area contributed by atoms with Gasteiger partial charge in [0.05, 0.1) is 5.56 Å². The molecule has 0 spiro atoms. The molecular formula is C15H11BrClF3. The normalized spacial score (nSPS) is 13.2. The lowest BCUT2D eigenvalue weighted by Gasteiger charge is -2.12. The van der Waals surface area contributed by atoms with Gasteiger partial charge in [-0.05, 0) is 41.8 Å². The Morgan fingerprint density at radius 2 is 1.50 bits per heavy atom. The van der Waals surface area contributed by atoms with Gasteiger partial charge in [-0.2, -0.15) is 13.2 Å². The van der Waals surface area contributed by atoms with E-state index in [4.69, 9.17) is 11.6 Å². The summed E-state index contributed by atoms with van der Waals surface area (Å²) in [5, 5.41) is 0.661. The molecule has 0 bridgehead atoms. The Hall–Kier alpha value is -1.00. The molecule has 1 atom stereocenters. The lowest BCUT2D eigenvalue weighted by molar-refractivity contribution is -0.137. The molecular weight excluding hydrogens is 353 g/mol. The van der Waals surface area contributed by atoms with Gasteiger partial charge in [-0.3, -0.25) is 0 Å². The highest BCUT2D eigenvalue weighted by atomic mass is 79.9. The average molecular weight is 364 g/mol. The summed E-state index contributed by atoms with van der Waals surface area (Å²) in [5.74, 6) is 0. The van der Waals surface area contributed by atoms with Crippen molar-refractivity contribution in [1.82, 2.24) is 0 Å². The van der Waals surface area contributed by atoms with Crippen LogP contribution < -0.4 is 0 Å². The molecule has 0 amide bonds. The number of rotatable bonds is 3. The van der Waals surface area contributed by atoms with Gasteiger partial charge in [-0.25, -0.2) is 0 Å². The maximum atomic E-state index is 12.5. The molecule has 5 heteroatoms. The zero-order valence-corrected chi connectivity index (χ0v) is 12.6. The van der Waals surface area contributed by atoms with Crippen molar-refractivity contribution in [2.45, 2.75) is 17.4 Å². The highest BCUT2D eigenvalue weighted by molar-refractivity contribution is 9.09. The molecule has 0 radical (unpaired) electrons. The van der Waals surface area contributed by atoms with E-state index in [9.17, 15) is 13.2 Å². The van der Waals surface area contributed by atoms with E-state index in [2.05, 4.69) is 15.9 Å². The third-order valence-corrected chi connectivity index (χ3v) is 4.03. The molecule has 0 fully saturated rings. The Morgan fingerprint density at radius 1 is 0.950 bits per heavy atom. The first-order valence-corrected chi connectivity index (χ1v) is 7.21. The predicted octanol–water partition coefficient (Wildman–Crippen LogP) is 6.04. The fraction of sp³-hybridized carbons (Fsp3) is 0.200. The van der Waals surface area contributed by atoms with Crippen LogP contribution in [0.4, 0.5) is 13.2 Å². The van der Waals surface area contributed by atoms with Crippen LogP contribution in [0.1, 0.15) is 21.5 Å². The van der Waals surface area contributed by atoms with Gasteiger partial charge in [-0.1, -0.05) is 51.8 Å². The summed E-state index contributed by atoms with van der Waals surface area (Å²) in [5.41, 5.74) is 1.25. The first-order chi connectivity index (χ1) is 9.36. The van der Waals surface area contributed by atoms with Crippen molar-refractivity contribution >= 4 is 27.5 Å². The van der Waals surface area contributed by atoms with E-state index in [1.54, 1.807) is 12.1 Å². The summed E-state index contributed by atoms with van der Waals surface area (Å²) in [6.45, 7) is 0. The predicted molar refractivity (Wildman–Crippen MR) is 78.3 cm³/mol. The van der Waals surface area contributed by atoms with Crippen molar-refractivity contribution in [3.8, 4) is 0 Å². The van der Waals surface area contributed by atoms with Crippen LogP contribution in [0.25, 0.3) is 0 Å². The SMILES string of the molecule is FC(F)(F)c1ccc(C(Br)Cc2ccc(Cl)cc2)cc1. The van der Waals surface area contributed by atoms with E-state index in [0.717, 1.165) is 23.3 Å². The van der Waals surface area contributed by atoms with Crippen molar-refractivity contribution < 1.29 is 13.2 Å². The monoisotopic (exact) mass is 362 g/mol. The van der Waals surface area contributed by atoms with Crippen LogP contribution in [-0.2, 0) is 12.6 Å². The Balaban J connectivity index is 2.09. The van der Waals surface area contributed by atoms with E-state index in [0.29, 0.717) is 11.4 Å². The summed E-state index contributed by atoms with van der Waals surface area (Å²) in [7, 11) is 0. The topological polar surface area (TPSA) is 0 Å². The van der Waals surface area contributed by atoms with Crippen LogP contribution in [0.2, 0.25) is 5.02 Å². The molecule has 0 aliphatic heterocycles. The average Bonchev–Trinajstić information content (AvgIpc) is 2.40. The van der Waals surface area contributed by atoms with Crippen molar-refractivity contribution in [3.05, 3.63) is 70.2 Å². The molecule has 0 heterocycles. The van der Waals surface area contributed by atoms with E-state index in [-0.39, 0.29) is 4.83 Å². The fourth-order valence-electron chi connectivity index (χ4n) is 1.83. The molecule has 106 valence electrons. The molecule has 0 saturated heterocycles. The van der Waals surface area contributed by atoms with Crippen LogP contribution in [0, 0.1) is 0 Å². The number of hydrogen-bond acceptors (Lipinski definition) is 0.